The molecule has 0 aliphatic heterocycles. The van der Waals surface area contributed by atoms with E-state index in [0.717, 1.165) is 3.70 Å². The third kappa shape index (κ3) is 1.61. The molecular weight excluding hydrogens is 260 g/mol. The van der Waals surface area contributed by atoms with Gasteiger partial charge in [0.15, 0.2) is 0 Å². The van der Waals surface area contributed by atoms with Crippen molar-refractivity contribution in [3.05, 3.63) is 26.0 Å². The minimum Gasteiger partial charge on any atom is -0.230 e. The molecule has 0 unspecified atom stereocenters. The van der Waals surface area contributed by atoms with Gasteiger partial charge in [0, 0.05) is 0 Å². The lowest BCUT2D eigenvalue weighted by Gasteiger charge is -2.01. The van der Waals surface area contributed by atoms with Gasteiger partial charge in [-0.25, -0.2) is 4.98 Å². The predicted molar refractivity (Wildman–Crippen MR) is 51.4 cm³/mol. The number of hydrogen-bond acceptors (Lipinski definition) is 1. The summed E-state index contributed by atoms with van der Waals surface area (Å²) >= 11 is 7.89. The Hall–Kier alpha value is 0.170. The van der Waals surface area contributed by atoms with E-state index in [9.17, 15) is 0 Å². The van der Waals surface area contributed by atoms with Crippen LogP contribution in [-0.4, -0.2) is 4.98 Å². The van der Waals surface area contributed by atoms with Crippen molar-refractivity contribution < 1.29 is 0 Å². The first-order chi connectivity index (χ1) is 4.61. The van der Waals surface area contributed by atoms with Crippen molar-refractivity contribution in [2.75, 3.05) is 0 Å². The lowest BCUT2D eigenvalue weighted by Crippen LogP contribution is -1.89. The minimum atomic E-state index is 0.576. The second-order valence-electron chi connectivity index (χ2n) is 2.18. The third-order valence-corrected chi connectivity index (χ3v) is 2.69. The van der Waals surface area contributed by atoms with Crippen LogP contribution < -0.4 is 0 Å². The summed E-state index contributed by atoms with van der Waals surface area (Å²) in [6, 6.07) is 1.87. The number of rotatable bonds is 0. The molecular formula is C7H7ClIN. The Balaban J connectivity index is 3.31. The van der Waals surface area contributed by atoms with E-state index < -0.39 is 0 Å². The maximum atomic E-state index is 5.71. The molecule has 0 fully saturated rings. The van der Waals surface area contributed by atoms with Crippen molar-refractivity contribution >= 4 is 34.2 Å². The molecule has 1 rings (SSSR count). The molecule has 0 aliphatic rings. The van der Waals surface area contributed by atoms with Crippen LogP contribution >= 0.6 is 34.2 Å². The first kappa shape index (κ1) is 8.27. The number of nitrogens with zero attached hydrogens (tertiary/aromatic N) is 1. The molecule has 1 aromatic rings. The van der Waals surface area contributed by atoms with Gasteiger partial charge in [-0.15, -0.1) is 0 Å². The van der Waals surface area contributed by atoms with E-state index in [1.807, 2.05) is 19.9 Å². The molecule has 54 valence electrons. The van der Waals surface area contributed by atoms with Crippen LogP contribution in [0.4, 0.5) is 0 Å². The lowest BCUT2D eigenvalue weighted by molar-refractivity contribution is 1.17. The summed E-state index contributed by atoms with van der Waals surface area (Å²) in [5, 5.41) is 0.576. The molecule has 1 nitrogen and oxygen atoms in total. The van der Waals surface area contributed by atoms with Crippen LogP contribution in [-0.2, 0) is 0 Å². The standard InChI is InChI=1S/C7H7ClIN/c1-4-3-6(8)10-7(9)5(4)2/h3H,1-2H3. The molecule has 0 N–H and O–H groups in total. The number of aromatic nitrogens is 1. The van der Waals surface area contributed by atoms with Gasteiger partial charge in [-0.05, 0) is 53.6 Å². The molecule has 0 saturated carbocycles. The summed E-state index contributed by atoms with van der Waals surface area (Å²) in [5.41, 5.74) is 2.41. The fraction of sp³-hybridized carbons (Fsp3) is 0.286. The Bertz CT molecular complexity index is 237. The van der Waals surface area contributed by atoms with Gasteiger partial charge < -0.3 is 0 Å². The van der Waals surface area contributed by atoms with E-state index >= 15 is 0 Å². The van der Waals surface area contributed by atoms with E-state index in [4.69, 9.17) is 11.6 Å². The highest BCUT2D eigenvalue weighted by atomic mass is 127. The summed E-state index contributed by atoms with van der Waals surface area (Å²) < 4.78 is 0.989. The fourth-order valence-corrected chi connectivity index (χ4v) is 1.74. The van der Waals surface area contributed by atoms with Gasteiger partial charge in [-0.1, -0.05) is 11.6 Å². The molecule has 0 aliphatic carbocycles. The van der Waals surface area contributed by atoms with Gasteiger partial charge in [-0.2, -0.15) is 0 Å². The first-order valence-corrected chi connectivity index (χ1v) is 4.36. The molecule has 10 heavy (non-hydrogen) atoms. The summed E-state index contributed by atoms with van der Waals surface area (Å²) in [4.78, 5) is 4.09. The largest absolute Gasteiger partial charge is 0.230 e. The van der Waals surface area contributed by atoms with Crippen LogP contribution in [0.5, 0.6) is 0 Å². The van der Waals surface area contributed by atoms with Gasteiger partial charge in [-0.3, -0.25) is 0 Å². The van der Waals surface area contributed by atoms with Gasteiger partial charge >= 0.3 is 0 Å². The quantitative estimate of drug-likeness (QED) is 0.520. The molecule has 0 saturated heterocycles. The van der Waals surface area contributed by atoms with E-state index in [-0.39, 0.29) is 0 Å². The summed E-state index contributed by atoms with van der Waals surface area (Å²) in [5.74, 6) is 0. The van der Waals surface area contributed by atoms with Crippen molar-refractivity contribution in [1.82, 2.24) is 4.98 Å². The number of aryl methyl sites for hydroxylation is 1. The average molecular weight is 267 g/mol. The fourth-order valence-electron chi connectivity index (χ4n) is 0.660. The monoisotopic (exact) mass is 267 g/mol. The van der Waals surface area contributed by atoms with E-state index in [1.54, 1.807) is 0 Å². The zero-order valence-electron chi connectivity index (χ0n) is 5.78. The molecule has 0 atom stereocenters. The summed E-state index contributed by atoms with van der Waals surface area (Å²) in [6.45, 7) is 4.07. The number of halogens is 2. The molecule has 1 heterocycles. The van der Waals surface area contributed by atoms with E-state index in [2.05, 4.69) is 27.6 Å². The van der Waals surface area contributed by atoms with Gasteiger partial charge in [0.05, 0.1) is 0 Å². The van der Waals surface area contributed by atoms with Crippen molar-refractivity contribution in [3.8, 4) is 0 Å². The zero-order chi connectivity index (χ0) is 7.72. The Morgan fingerprint density at radius 3 is 2.60 bits per heavy atom. The number of pyridine rings is 1. The van der Waals surface area contributed by atoms with Crippen LogP contribution in [0, 0.1) is 17.5 Å². The Labute approximate surface area is 78.9 Å². The molecule has 3 heteroatoms. The maximum absolute atomic E-state index is 5.71. The minimum absolute atomic E-state index is 0.576. The third-order valence-electron chi connectivity index (χ3n) is 1.44. The van der Waals surface area contributed by atoms with E-state index in [1.165, 1.54) is 11.1 Å². The van der Waals surface area contributed by atoms with Crippen LogP contribution in [0.25, 0.3) is 0 Å². The molecule has 0 spiro atoms. The predicted octanol–water partition coefficient (Wildman–Crippen LogP) is 2.96. The Morgan fingerprint density at radius 1 is 1.50 bits per heavy atom. The summed E-state index contributed by atoms with van der Waals surface area (Å²) in [7, 11) is 0. The number of hydrogen-bond donors (Lipinski definition) is 0. The van der Waals surface area contributed by atoms with Crippen molar-refractivity contribution in [2.24, 2.45) is 0 Å². The van der Waals surface area contributed by atoms with Crippen LogP contribution in [0.2, 0.25) is 5.15 Å². The zero-order valence-corrected chi connectivity index (χ0v) is 8.69. The molecule has 0 aromatic carbocycles. The van der Waals surface area contributed by atoms with E-state index in [0.29, 0.717) is 5.15 Å². The van der Waals surface area contributed by atoms with Gasteiger partial charge in [0.25, 0.3) is 0 Å². The SMILES string of the molecule is Cc1cc(Cl)nc(I)c1C. The van der Waals surface area contributed by atoms with Crippen LogP contribution in [0.1, 0.15) is 11.1 Å². The molecule has 0 bridgehead atoms. The van der Waals surface area contributed by atoms with Crippen molar-refractivity contribution in [3.63, 3.8) is 0 Å². The lowest BCUT2D eigenvalue weighted by atomic mass is 10.2. The summed E-state index contributed by atoms with van der Waals surface area (Å²) in [6.07, 6.45) is 0. The molecule has 0 amide bonds. The second-order valence-corrected chi connectivity index (χ2v) is 3.59. The topological polar surface area (TPSA) is 12.9 Å². The highest BCUT2D eigenvalue weighted by Gasteiger charge is 2.00. The van der Waals surface area contributed by atoms with Crippen LogP contribution in [0.15, 0.2) is 6.07 Å². The highest BCUT2D eigenvalue weighted by molar-refractivity contribution is 14.1. The average Bonchev–Trinajstić information content (AvgIpc) is 1.82. The van der Waals surface area contributed by atoms with Crippen molar-refractivity contribution in [2.45, 2.75) is 13.8 Å². The maximum Gasteiger partial charge on any atom is 0.130 e. The van der Waals surface area contributed by atoms with Gasteiger partial charge in [0.2, 0.25) is 0 Å². The molecule has 0 radical (unpaired) electrons. The molecule has 1 aromatic heterocycles. The van der Waals surface area contributed by atoms with Crippen LogP contribution in [0.3, 0.4) is 0 Å². The van der Waals surface area contributed by atoms with Gasteiger partial charge in [0.1, 0.15) is 8.85 Å². The highest BCUT2D eigenvalue weighted by Crippen LogP contribution is 2.16. The van der Waals surface area contributed by atoms with Crippen molar-refractivity contribution in [1.29, 1.82) is 0 Å². The second kappa shape index (κ2) is 3.05. The Morgan fingerprint density at radius 2 is 2.10 bits per heavy atom. The smallest absolute Gasteiger partial charge is 0.130 e. The first-order valence-electron chi connectivity index (χ1n) is 2.90. The Kier molecular flexibility index (Phi) is 2.52. The normalized spacial score (nSPS) is 10.0.